The largest absolute Gasteiger partial charge is 0.383 e. The molecule has 0 spiro atoms. The second kappa shape index (κ2) is 5.13. The summed E-state index contributed by atoms with van der Waals surface area (Å²) in [6.07, 6.45) is 1.36. The first-order valence-electron chi connectivity index (χ1n) is 5.38. The molecule has 0 aliphatic carbocycles. The van der Waals surface area contributed by atoms with Crippen molar-refractivity contribution in [2.75, 3.05) is 10.5 Å². The van der Waals surface area contributed by atoms with E-state index in [0.717, 1.165) is 6.07 Å². The van der Waals surface area contributed by atoms with Gasteiger partial charge >= 0.3 is 0 Å². The molecule has 2 rings (SSSR count). The normalized spacial score (nSPS) is 11.0. The summed E-state index contributed by atoms with van der Waals surface area (Å²) in [6.45, 7) is 0. The van der Waals surface area contributed by atoms with Crippen molar-refractivity contribution in [3.8, 4) is 0 Å². The third kappa shape index (κ3) is 2.83. The summed E-state index contributed by atoms with van der Waals surface area (Å²) in [5.41, 5.74) is 5.35. The summed E-state index contributed by atoms with van der Waals surface area (Å²) < 4.78 is 26.4. The molecule has 1 heterocycles. The number of nitro groups is 1. The predicted octanol–water partition coefficient (Wildman–Crippen LogP) is 1.37. The van der Waals surface area contributed by atoms with Gasteiger partial charge in [-0.05, 0) is 18.2 Å². The first-order valence-corrected chi connectivity index (χ1v) is 6.86. The number of rotatable bonds is 4. The Bertz CT molecular complexity index is 761. The van der Waals surface area contributed by atoms with Gasteiger partial charge in [-0.2, -0.15) is 0 Å². The monoisotopic (exact) mass is 294 g/mol. The molecule has 0 radical (unpaired) electrons. The van der Waals surface area contributed by atoms with Crippen molar-refractivity contribution in [3.63, 3.8) is 0 Å². The molecule has 1 aromatic carbocycles. The SMILES string of the molecule is Nc1ncccc1S(=O)(=O)Nc1cccc([N+](=O)[O-])c1. The summed E-state index contributed by atoms with van der Waals surface area (Å²) >= 11 is 0. The zero-order chi connectivity index (χ0) is 14.8. The van der Waals surface area contributed by atoms with Gasteiger partial charge in [0.1, 0.15) is 10.7 Å². The molecule has 1 aromatic heterocycles. The Kier molecular flexibility index (Phi) is 3.53. The zero-order valence-corrected chi connectivity index (χ0v) is 10.9. The fraction of sp³-hybridized carbons (Fsp3) is 0. The topological polar surface area (TPSA) is 128 Å². The molecule has 0 amide bonds. The van der Waals surface area contributed by atoms with Gasteiger partial charge in [-0.15, -0.1) is 0 Å². The minimum absolute atomic E-state index is 0.0717. The number of non-ortho nitro benzene ring substituents is 1. The third-order valence-electron chi connectivity index (χ3n) is 2.40. The minimum atomic E-state index is -3.95. The highest BCUT2D eigenvalue weighted by Crippen LogP contribution is 2.22. The maximum Gasteiger partial charge on any atom is 0.271 e. The Morgan fingerprint density at radius 1 is 1.25 bits per heavy atom. The quantitative estimate of drug-likeness (QED) is 0.647. The van der Waals surface area contributed by atoms with Gasteiger partial charge in [0.15, 0.2) is 0 Å². The van der Waals surface area contributed by atoms with Crippen molar-refractivity contribution in [1.29, 1.82) is 0 Å². The number of hydrogen-bond acceptors (Lipinski definition) is 6. The molecular weight excluding hydrogens is 284 g/mol. The molecule has 0 aliphatic rings. The molecule has 20 heavy (non-hydrogen) atoms. The third-order valence-corrected chi connectivity index (χ3v) is 3.83. The van der Waals surface area contributed by atoms with E-state index in [1.807, 2.05) is 0 Å². The van der Waals surface area contributed by atoms with E-state index >= 15 is 0 Å². The van der Waals surface area contributed by atoms with E-state index in [0.29, 0.717) is 0 Å². The van der Waals surface area contributed by atoms with E-state index in [-0.39, 0.29) is 22.1 Å². The molecular formula is C11H10N4O4S. The molecule has 9 heteroatoms. The number of hydrogen-bond donors (Lipinski definition) is 2. The van der Waals surface area contributed by atoms with Crippen molar-refractivity contribution >= 4 is 27.2 Å². The predicted molar refractivity (Wildman–Crippen MR) is 72.6 cm³/mol. The van der Waals surface area contributed by atoms with E-state index < -0.39 is 14.9 Å². The lowest BCUT2D eigenvalue weighted by atomic mass is 10.3. The van der Waals surface area contributed by atoms with E-state index in [9.17, 15) is 18.5 Å². The van der Waals surface area contributed by atoms with Crippen molar-refractivity contribution < 1.29 is 13.3 Å². The van der Waals surface area contributed by atoms with E-state index in [1.54, 1.807) is 0 Å². The lowest BCUT2D eigenvalue weighted by Crippen LogP contribution is -2.15. The number of nitrogens with two attached hydrogens (primary N) is 1. The van der Waals surface area contributed by atoms with Crippen LogP contribution in [-0.4, -0.2) is 18.3 Å². The fourth-order valence-corrected chi connectivity index (χ4v) is 2.66. The van der Waals surface area contributed by atoms with Gasteiger partial charge in [-0.1, -0.05) is 6.07 Å². The summed E-state index contributed by atoms with van der Waals surface area (Å²) in [7, 11) is -3.95. The number of nitrogens with zero attached hydrogens (tertiary/aromatic N) is 2. The highest BCUT2D eigenvalue weighted by Gasteiger charge is 2.18. The van der Waals surface area contributed by atoms with Crippen LogP contribution in [-0.2, 0) is 10.0 Å². The first kappa shape index (κ1) is 13.7. The van der Waals surface area contributed by atoms with Crippen molar-refractivity contribution in [3.05, 3.63) is 52.7 Å². The summed E-state index contributed by atoms with van der Waals surface area (Å²) in [4.78, 5) is 13.5. The number of anilines is 2. The van der Waals surface area contributed by atoms with Gasteiger partial charge in [0, 0.05) is 18.3 Å². The number of aromatic nitrogens is 1. The Labute approximate surface area is 114 Å². The highest BCUT2D eigenvalue weighted by atomic mass is 32.2. The number of nitrogens with one attached hydrogen (secondary N) is 1. The van der Waals surface area contributed by atoms with Gasteiger partial charge in [0.2, 0.25) is 0 Å². The lowest BCUT2D eigenvalue weighted by molar-refractivity contribution is -0.384. The molecule has 0 unspecified atom stereocenters. The van der Waals surface area contributed by atoms with Crippen LogP contribution >= 0.6 is 0 Å². The summed E-state index contributed by atoms with van der Waals surface area (Å²) in [5, 5.41) is 10.6. The van der Waals surface area contributed by atoms with Crippen LogP contribution in [0.2, 0.25) is 0 Å². The molecule has 104 valence electrons. The van der Waals surface area contributed by atoms with Crippen LogP contribution in [0.5, 0.6) is 0 Å². The van der Waals surface area contributed by atoms with Gasteiger partial charge in [-0.3, -0.25) is 14.8 Å². The Hall–Kier alpha value is -2.68. The maximum atomic E-state index is 12.1. The van der Waals surface area contributed by atoms with Gasteiger partial charge in [-0.25, -0.2) is 13.4 Å². The second-order valence-corrected chi connectivity index (χ2v) is 5.45. The average Bonchev–Trinajstić information content (AvgIpc) is 2.38. The molecule has 2 aromatic rings. The fourth-order valence-electron chi connectivity index (χ4n) is 1.52. The molecule has 0 aliphatic heterocycles. The van der Waals surface area contributed by atoms with Crippen LogP contribution in [0.1, 0.15) is 0 Å². The molecule has 8 nitrogen and oxygen atoms in total. The Morgan fingerprint density at radius 2 is 2.00 bits per heavy atom. The average molecular weight is 294 g/mol. The minimum Gasteiger partial charge on any atom is -0.383 e. The molecule has 0 saturated carbocycles. The summed E-state index contributed by atoms with van der Waals surface area (Å²) in [6, 6.07) is 7.88. The Balaban J connectivity index is 2.36. The van der Waals surface area contributed by atoms with Crippen LogP contribution in [0.3, 0.4) is 0 Å². The standard InChI is InChI=1S/C11H10N4O4S/c12-11-10(5-2-6-13-11)20(18,19)14-8-3-1-4-9(7-8)15(16)17/h1-7,14H,(H2,12,13). The van der Waals surface area contributed by atoms with Gasteiger partial charge < -0.3 is 5.73 Å². The number of nitrogen functional groups attached to an aromatic ring is 1. The van der Waals surface area contributed by atoms with E-state index in [2.05, 4.69) is 9.71 Å². The van der Waals surface area contributed by atoms with E-state index in [4.69, 9.17) is 5.73 Å². The van der Waals surface area contributed by atoms with Gasteiger partial charge in [0.05, 0.1) is 10.6 Å². The van der Waals surface area contributed by atoms with Gasteiger partial charge in [0.25, 0.3) is 15.7 Å². The first-order chi connectivity index (χ1) is 9.40. The van der Waals surface area contributed by atoms with Crippen LogP contribution in [0.15, 0.2) is 47.5 Å². The van der Waals surface area contributed by atoms with Crippen LogP contribution in [0.4, 0.5) is 17.2 Å². The van der Waals surface area contributed by atoms with Crippen LogP contribution in [0, 0.1) is 10.1 Å². The number of pyridine rings is 1. The highest BCUT2D eigenvalue weighted by molar-refractivity contribution is 7.92. The zero-order valence-electron chi connectivity index (χ0n) is 10.1. The maximum absolute atomic E-state index is 12.1. The Morgan fingerprint density at radius 3 is 2.65 bits per heavy atom. The molecule has 0 bridgehead atoms. The number of nitro benzene ring substituents is 1. The molecule has 0 saturated heterocycles. The van der Waals surface area contributed by atoms with Crippen LogP contribution in [0.25, 0.3) is 0 Å². The number of benzene rings is 1. The number of sulfonamides is 1. The lowest BCUT2D eigenvalue weighted by Gasteiger charge is -2.09. The molecule has 0 fully saturated rings. The van der Waals surface area contributed by atoms with Crippen molar-refractivity contribution in [2.24, 2.45) is 0 Å². The smallest absolute Gasteiger partial charge is 0.271 e. The van der Waals surface area contributed by atoms with Crippen molar-refractivity contribution in [2.45, 2.75) is 4.90 Å². The van der Waals surface area contributed by atoms with E-state index in [1.165, 1.54) is 36.5 Å². The van der Waals surface area contributed by atoms with Crippen molar-refractivity contribution in [1.82, 2.24) is 4.98 Å². The second-order valence-electron chi connectivity index (χ2n) is 3.80. The van der Waals surface area contributed by atoms with Crippen LogP contribution < -0.4 is 10.5 Å². The molecule has 3 N–H and O–H groups in total. The summed E-state index contributed by atoms with van der Waals surface area (Å²) in [5.74, 6) is -0.148. The molecule has 0 atom stereocenters.